The number of amides is 4. The number of nitrogens with one attached hydrogen (secondary N) is 2. The van der Waals surface area contributed by atoms with E-state index in [9.17, 15) is 19.2 Å². The average Bonchev–Trinajstić information content (AvgIpc) is 2.85. The fourth-order valence-electron chi connectivity index (χ4n) is 3.67. The maximum absolute atomic E-state index is 13.8. The van der Waals surface area contributed by atoms with Crippen molar-refractivity contribution in [1.82, 2.24) is 10.2 Å². The van der Waals surface area contributed by atoms with E-state index in [0.717, 1.165) is 4.90 Å². The lowest BCUT2D eigenvalue weighted by molar-refractivity contribution is -0.137. The van der Waals surface area contributed by atoms with Gasteiger partial charge in [0, 0.05) is 23.6 Å². The molecule has 0 radical (unpaired) electrons. The van der Waals surface area contributed by atoms with Gasteiger partial charge in [-0.1, -0.05) is 54.3 Å². The van der Waals surface area contributed by atoms with Gasteiger partial charge in [-0.25, -0.2) is 4.79 Å². The summed E-state index contributed by atoms with van der Waals surface area (Å²) >= 11 is 6.32. The summed E-state index contributed by atoms with van der Waals surface area (Å²) < 4.78 is 5.26. The minimum absolute atomic E-state index is 0.194. The maximum Gasteiger partial charge on any atom is 0.408 e. The Labute approximate surface area is 233 Å². The number of nitrogens with zero attached hydrogens (tertiary/aromatic N) is 1. The fraction of sp³-hybridized carbons (Fsp3) is 0.310. The number of carbonyl (C=O) groups is 4. The molecule has 4 amide bonds. The van der Waals surface area contributed by atoms with Crippen molar-refractivity contribution in [3.8, 4) is 24.8 Å². The van der Waals surface area contributed by atoms with Gasteiger partial charge < -0.3 is 21.1 Å². The van der Waals surface area contributed by atoms with E-state index in [-0.39, 0.29) is 23.4 Å². The number of benzene rings is 2. The first kappa shape index (κ1) is 30.8. The second-order valence-corrected chi connectivity index (χ2v) is 10.0. The van der Waals surface area contributed by atoms with Gasteiger partial charge in [-0.3, -0.25) is 19.3 Å². The highest BCUT2D eigenvalue weighted by Gasteiger charge is 2.37. The van der Waals surface area contributed by atoms with Crippen molar-refractivity contribution in [2.75, 3.05) is 5.32 Å². The van der Waals surface area contributed by atoms with Crippen LogP contribution in [0, 0.1) is 31.7 Å². The van der Waals surface area contributed by atoms with Crippen LogP contribution in [0.15, 0.2) is 42.5 Å². The second kappa shape index (κ2) is 13.4. The molecule has 0 spiro atoms. The maximum atomic E-state index is 13.8. The van der Waals surface area contributed by atoms with Gasteiger partial charge in [0.1, 0.15) is 11.6 Å². The number of aryl methyl sites for hydroxylation is 1. The van der Waals surface area contributed by atoms with Crippen LogP contribution < -0.4 is 16.4 Å². The summed E-state index contributed by atoms with van der Waals surface area (Å²) in [6.07, 6.45) is 10.1. The fourth-order valence-corrected chi connectivity index (χ4v) is 3.94. The molecular weight excluding hydrogens is 520 g/mol. The first-order valence-electron chi connectivity index (χ1n) is 12.0. The van der Waals surface area contributed by atoms with E-state index in [0.29, 0.717) is 16.8 Å². The SMILES string of the molecule is C#Cc1ccccc1C(C(=O)Nc1c(C)cccc1Cl)N(C#C)C(=O)C(CCC(N)=O)NC(=O)OC(C)(C)C. The van der Waals surface area contributed by atoms with Gasteiger partial charge in [0.05, 0.1) is 10.7 Å². The van der Waals surface area contributed by atoms with Crippen molar-refractivity contribution in [3.63, 3.8) is 0 Å². The summed E-state index contributed by atoms with van der Waals surface area (Å²) in [7, 11) is 0. The van der Waals surface area contributed by atoms with Crippen molar-refractivity contribution in [2.45, 2.75) is 58.2 Å². The molecule has 0 bridgehead atoms. The minimum Gasteiger partial charge on any atom is -0.444 e. The molecule has 4 N–H and O–H groups in total. The van der Waals surface area contributed by atoms with Crippen LogP contribution in [-0.2, 0) is 19.1 Å². The van der Waals surface area contributed by atoms with Gasteiger partial charge in [-0.2, -0.15) is 0 Å². The third-order valence-corrected chi connectivity index (χ3v) is 5.75. The van der Waals surface area contributed by atoms with Gasteiger partial charge in [0.2, 0.25) is 5.91 Å². The molecule has 0 aliphatic rings. The van der Waals surface area contributed by atoms with Crippen molar-refractivity contribution in [3.05, 3.63) is 64.2 Å². The van der Waals surface area contributed by atoms with Gasteiger partial charge in [0.15, 0.2) is 6.04 Å². The monoisotopic (exact) mass is 550 g/mol. The molecule has 0 saturated heterocycles. The smallest absolute Gasteiger partial charge is 0.408 e. The van der Waals surface area contributed by atoms with Crippen LogP contribution >= 0.6 is 11.6 Å². The number of hydrogen-bond donors (Lipinski definition) is 3. The molecule has 0 aromatic heterocycles. The van der Waals surface area contributed by atoms with Crippen LogP contribution in [0.1, 0.15) is 56.3 Å². The Bertz CT molecular complexity index is 1320. The lowest BCUT2D eigenvalue weighted by atomic mass is 9.97. The third kappa shape index (κ3) is 8.53. The van der Waals surface area contributed by atoms with Crippen molar-refractivity contribution < 1.29 is 23.9 Å². The van der Waals surface area contributed by atoms with Gasteiger partial charge >= 0.3 is 6.09 Å². The number of anilines is 1. The Morgan fingerprint density at radius 2 is 1.77 bits per heavy atom. The number of rotatable bonds is 9. The normalized spacial score (nSPS) is 12.2. The average molecular weight is 551 g/mol. The zero-order chi connectivity index (χ0) is 29.3. The van der Waals surface area contributed by atoms with Crippen LogP contribution in [0.5, 0.6) is 0 Å². The molecule has 2 rings (SSSR count). The summed E-state index contributed by atoms with van der Waals surface area (Å²) in [6, 6.07) is 11.0. The van der Waals surface area contributed by atoms with E-state index in [4.69, 9.17) is 34.9 Å². The predicted octanol–water partition coefficient (Wildman–Crippen LogP) is 3.89. The number of alkyl carbamates (subject to hydrolysis) is 1. The van der Waals surface area contributed by atoms with Crippen molar-refractivity contribution in [2.24, 2.45) is 5.73 Å². The highest BCUT2D eigenvalue weighted by atomic mass is 35.5. The molecular formula is C29H31ClN4O5. The topological polar surface area (TPSA) is 131 Å². The highest BCUT2D eigenvalue weighted by Crippen LogP contribution is 2.30. The zero-order valence-corrected chi connectivity index (χ0v) is 23.0. The first-order valence-corrected chi connectivity index (χ1v) is 12.4. The number of hydrogen-bond acceptors (Lipinski definition) is 5. The summed E-state index contributed by atoms with van der Waals surface area (Å²) in [6.45, 7) is 6.69. The lowest BCUT2D eigenvalue weighted by Crippen LogP contribution is -2.51. The van der Waals surface area contributed by atoms with Gasteiger partial charge in [0.25, 0.3) is 11.8 Å². The molecule has 2 atom stereocenters. The predicted molar refractivity (Wildman–Crippen MR) is 149 cm³/mol. The molecule has 2 aromatic rings. The molecule has 2 unspecified atom stereocenters. The Balaban J connectivity index is 2.57. The largest absolute Gasteiger partial charge is 0.444 e. The zero-order valence-electron chi connectivity index (χ0n) is 22.2. The Morgan fingerprint density at radius 1 is 1.10 bits per heavy atom. The Morgan fingerprint density at radius 3 is 2.33 bits per heavy atom. The third-order valence-electron chi connectivity index (χ3n) is 5.43. The van der Waals surface area contributed by atoms with Crippen molar-refractivity contribution >= 4 is 41.1 Å². The number of nitrogens with two attached hydrogens (primary N) is 1. The van der Waals surface area contributed by atoms with E-state index in [1.54, 1.807) is 70.2 Å². The van der Waals surface area contributed by atoms with Gasteiger partial charge in [-0.05, 0) is 51.8 Å². The number of para-hydroxylation sites is 1. The summed E-state index contributed by atoms with van der Waals surface area (Å²) in [4.78, 5) is 52.4. The number of carbonyl (C=O) groups excluding carboxylic acids is 4. The summed E-state index contributed by atoms with van der Waals surface area (Å²) in [5, 5.41) is 5.46. The standard InChI is InChI=1S/C29H31ClN4O5/c1-7-19-13-9-10-14-20(19)25(26(36)33-24-18(3)12-11-15-21(24)30)34(8-2)27(37)22(16-17-23(31)35)32-28(38)39-29(4,5)6/h1-2,9-15,22,25H,16-17H2,3-6H3,(H2,31,35)(H,32,38)(H,33,36). The van der Waals surface area contributed by atoms with Gasteiger partial charge in [-0.15, -0.1) is 6.42 Å². The molecule has 10 heteroatoms. The van der Waals surface area contributed by atoms with Crippen LogP contribution in [0.25, 0.3) is 0 Å². The summed E-state index contributed by atoms with van der Waals surface area (Å²) in [5.41, 5.74) is 6.00. The van der Waals surface area contributed by atoms with Crippen LogP contribution in [0.4, 0.5) is 10.5 Å². The molecule has 204 valence electrons. The van der Waals surface area contributed by atoms with Crippen molar-refractivity contribution in [1.29, 1.82) is 0 Å². The molecule has 9 nitrogen and oxygen atoms in total. The van der Waals surface area contributed by atoms with E-state index in [1.807, 2.05) is 0 Å². The minimum atomic E-state index is -1.43. The molecule has 2 aromatic carbocycles. The number of terminal acetylenes is 2. The van der Waals surface area contributed by atoms with E-state index >= 15 is 0 Å². The van der Waals surface area contributed by atoms with Crippen LogP contribution in [0.3, 0.4) is 0 Å². The molecule has 0 fully saturated rings. The first-order chi connectivity index (χ1) is 18.3. The van der Waals surface area contributed by atoms with Crippen LogP contribution in [0.2, 0.25) is 5.02 Å². The number of ether oxygens (including phenoxy) is 1. The Kier molecular flexibility index (Phi) is 10.5. The molecule has 0 aliphatic heterocycles. The molecule has 0 saturated carbocycles. The van der Waals surface area contributed by atoms with Crippen LogP contribution in [-0.4, -0.2) is 40.4 Å². The number of halogens is 1. The van der Waals surface area contributed by atoms with E-state index < -0.39 is 41.5 Å². The molecule has 0 aliphatic carbocycles. The lowest BCUT2D eigenvalue weighted by Gasteiger charge is -2.31. The highest BCUT2D eigenvalue weighted by molar-refractivity contribution is 6.34. The van der Waals surface area contributed by atoms with E-state index in [2.05, 4.69) is 22.6 Å². The molecule has 39 heavy (non-hydrogen) atoms. The summed E-state index contributed by atoms with van der Waals surface area (Å²) in [5.74, 6) is 0.241. The quantitative estimate of drug-likeness (QED) is 0.322. The Hall–Kier alpha value is -4.47. The van der Waals surface area contributed by atoms with E-state index in [1.165, 1.54) is 0 Å². The molecule has 0 heterocycles. The number of primary amides is 1. The second-order valence-electron chi connectivity index (χ2n) is 9.60.